The van der Waals surface area contributed by atoms with Crippen LogP contribution in [0.3, 0.4) is 0 Å². The van der Waals surface area contributed by atoms with Crippen molar-refractivity contribution in [3.05, 3.63) is 42.0 Å². The van der Waals surface area contributed by atoms with E-state index in [1.54, 1.807) is 12.4 Å². The largest absolute Gasteiger partial charge is 0.344 e. The molecule has 2 heterocycles. The minimum atomic E-state index is -0.239. The van der Waals surface area contributed by atoms with E-state index in [1.807, 2.05) is 12.1 Å². The molecule has 2 rings (SSSR count). The van der Waals surface area contributed by atoms with Gasteiger partial charge in [0.1, 0.15) is 0 Å². The first kappa shape index (κ1) is 14.2. The summed E-state index contributed by atoms with van der Waals surface area (Å²) in [6, 6.07) is 3.73. The van der Waals surface area contributed by atoms with Crippen molar-refractivity contribution in [2.45, 2.75) is 33.2 Å². The predicted octanol–water partition coefficient (Wildman–Crippen LogP) is 2.11. The zero-order chi connectivity index (χ0) is 14.6. The third kappa shape index (κ3) is 3.88. The second-order valence-electron chi connectivity index (χ2n) is 5.93. The lowest BCUT2D eigenvalue weighted by atomic mass is 9.86. The number of rotatable bonds is 4. The van der Waals surface area contributed by atoms with E-state index in [2.05, 4.69) is 46.5 Å². The Kier molecular flexibility index (Phi) is 4.12. The standard InChI is InChI=1S/C14H19N5O/c1-14(2,3)7-11(10-5-4-6-15-8-10)17-13(20)12-9-16-19-18-12/h4-6,8-9,11H,7H2,1-3H3,(H,17,20)(H,16,18,19)/t11-/m0/s1. The molecule has 106 valence electrons. The molecule has 6 heteroatoms. The van der Waals surface area contributed by atoms with Gasteiger partial charge in [0, 0.05) is 12.4 Å². The van der Waals surface area contributed by atoms with Crippen molar-refractivity contribution in [2.24, 2.45) is 5.41 Å². The number of aromatic nitrogens is 4. The van der Waals surface area contributed by atoms with Crippen LogP contribution in [-0.4, -0.2) is 26.3 Å². The summed E-state index contributed by atoms with van der Waals surface area (Å²) >= 11 is 0. The van der Waals surface area contributed by atoms with Crippen molar-refractivity contribution >= 4 is 5.91 Å². The smallest absolute Gasteiger partial charge is 0.273 e. The first-order chi connectivity index (χ1) is 9.46. The monoisotopic (exact) mass is 273 g/mol. The van der Waals surface area contributed by atoms with Crippen LogP contribution in [-0.2, 0) is 0 Å². The second kappa shape index (κ2) is 5.81. The van der Waals surface area contributed by atoms with Crippen LogP contribution in [0.1, 0.15) is 49.3 Å². The van der Waals surface area contributed by atoms with Gasteiger partial charge < -0.3 is 5.32 Å². The van der Waals surface area contributed by atoms with Crippen LogP contribution in [0.2, 0.25) is 0 Å². The van der Waals surface area contributed by atoms with E-state index in [1.165, 1.54) is 6.20 Å². The lowest BCUT2D eigenvalue weighted by Gasteiger charge is -2.26. The third-order valence-corrected chi connectivity index (χ3v) is 2.86. The Morgan fingerprint density at radius 3 is 2.75 bits per heavy atom. The van der Waals surface area contributed by atoms with E-state index in [0.29, 0.717) is 0 Å². The fraction of sp³-hybridized carbons (Fsp3) is 0.429. The van der Waals surface area contributed by atoms with E-state index in [9.17, 15) is 4.79 Å². The summed E-state index contributed by atoms with van der Waals surface area (Å²) in [6.07, 6.45) is 5.71. The highest BCUT2D eigenvalue weighted by Crippen LogP contribution is 2.29. The predicted molar refractivity (Wildman–Crippen MR) is 74.9 cm³/mol. The summed E-state index contributed by atoms with van der Waals surface area (Å²) in [7, 11) is 0. The molecule has 2 N–H and O–H groups in total. The highest BCUT2D eigenvalue weighted by Gasteiger charge is 2.23. The third-order valence-electron chi connectivity index (χ3n) is 2.86. The number of pyridine rings is 1. The Bertz CT molecular complexity index is 545. The summed E-state index contributed by atoms with van der Waals surface area (Å²) in [4.78, 5) is 16.2. The normalized spacial score (nSPS) is 12.9. The Balaban J connectivity index is 2.17. The van der Waals surface area contributed by atoms with E-state index >= 15 is 0 Å². The van der Waals surface area contributed by atoms with Gasteiger partial charge in [0.05, 0.1) is 12.2 Å². The number of carbonyl (C=O) groups is 1. The van der Waals surface area contributed by atoms with Gasteiger partial charge >= 0.3 is 0 Å². The molecular weight excluding hydrogens is 254 g/mol. The molecule has 2 aromatic rings. The topological polar surface area (TPSA) is 83.6 Å². The van der Waals surface area contributed by atoms with Gasteiger partial charge in [-0.3, -0.25) is 9.78 Å². The summed E-state index contributed by atoms with van der Waals surface area (Å²) < 4.78 is 0. The summed E-state index contributed by atoms with van der Waals surface area (Å²) in [5.74, 6) is -0.239. The molecule has 2 aromatic heterocycles. The molecule has 0 radical (unpaired) electrons. The molecule has 6 nitrogen and oxygen atoms in total. The molecule has 0 unspecified atom stereocenters. The summed E-state index contributed by atoms with van der Waals surface area (Å²) in [5.41, 5.74) is 1.35. The molecule has 0 bridgehead atoms. The number of hydrogen-bond acceptors (Lipinski definition) is 4. The van der Waals surface area contributed by atoms with E-state index in [0.717, 1.165) is 12.0 Å². The van der Waals surface area contributed by atoms with Crippen molar-refractivity contribution in [3.8, 4) is 0 Å². The Labute approximate surface area is 118 Å². The molecule has 20 heavy (non-hydrogen) atoms. The van der Waals surface area contributed by atoms with Gasteiger partial charge in [-0.05, 0) is 23.5 Å². The maximum Gasteiger partial charge on any atom is 0.273 e. The lowest BCUT2D eigenvalue weighted by molar-refractivity contribution is 0.0921. The minimum Gasteiger partial charge on any atom is -0.344 e. The van der Waals surface area contributed by atoms with Gasteiger partial charge in [-0.15, -0.1) is 0 Å². The number of nitrogens with zero attached hydrogens (tertiary/aromatic N) is 3. The van der Waals surface area contributed by atoms with E-state index in [4.69, 9.17) is 0 Å². The molecule has 0 fully saturated rings. The van der Waals surface area contributed by atoms with Crippen LogP contribution in [0.4, 0.5) is 0 Å². The maximum atomic E-state index is 12.1. The number of hydrogen-bond donors (Lipinski definition) is 2. The quantitative estimate of drug-likeness (QED) is 0.893. The minimum absolute atomic E-state index is 0.0810. The number of nitrogens with one attached hydrogen (secondary N) is 2. The molecule has 0 aliphatic carbocycles. The average Bonchev–Trinajstić information content (AvgIpc) is 2.91. The van der Waals surface area contributed by atoms with Gasteiger partial charge in [-0.2, -0.15) is 15.4 Å². The van der Waals surface area contributed by atoms with Gasteiger partial charge in [-0.1, -0.05) is 26.8 Å². The van der Waals surface area contributed by atoms with E-state index < -0.39 is 0 Å². The van der Waals surface area contributed by atoms with Crippen molar-refractivity contribution < 1.29 is 4.79 Å². The van der Waals surface area contributed by atoms with Gasteiger partial charge in [0.25, 0.3) is 5.91 Å². The molecule has 0 saturated carbocycles. The first-order valence-corrected chi connectivity index (χ1v) is 6.52. The van der Waals surface area contributed by atoms with Crippen LogP contribution in [0.5, 0.6) is 0 Å². The van der Waals surface area contributed by atoms with E-state index in [-0.39, 0.29) is 23.1 Å². The Hall–Kier alpha value is -2.24. The molecule has 0 saturated heterocycles. The van der Waals surface area contributed by atoms with Crippen molar-refractivity contribution in [2.75, 3.05) is 0 Å². The van der Waals surface area contributed by atoms with Gasteiger partial charge in [0.2, 0.25) is 0 Å². The molecule has 1 atom stereocenters. The van der Waals surface area contributed by atoms with Crippen molar-refractivity contribution in [1.82, 2.24) is 25.7 Å². The zero-order valence-electron chi connectivity index (χ0n) is 11.9. The van der Waals surface area contributed by atoms with Crippen LogP contribution in [0, 0.1) is 5.41 Å². The van der Waals surface area contributed by atoms with Crippen molar-refractivity contribution in [1.29, 1.82) is 0 Å². The Morgan fingerprint density at radius 1 is 1.40 bits per heavy atom. The number of carbonyl (C=O) groups excluding carboxylic acids is 1. The van der Waals surface area contributed by atoms with Crippen LogP contribution in [0.15, 0.2) is 30.7 Å². The van der Waals surface area contributed by atoms with Crippen LogP contribution >= 0.6 is 0 Å². The van der Waals surface area contributed by atoms with Gasteiger partial charge in [0.15, 0.2) is 5.69 Å². The van der Waals surface area contributed by atoms with Crippen molar-refractivity contribution in [3.63, 3.8) is 0 Å². The van der Waals surface area contributed by atoms with Crippen LogP contribution in [0.25, 0.3) is 0 Å². The summed E-state index contributed by atoms with van der Waals surface area (Å²) in [5, 5.41) is 12.9. The second-order valence-corrected chi connectivity index (χ2v) is 5.93. The highest BCUT2D eigenvalue weighted by atomic mass is 16.2. The molecule has 0 spiro atoms. The molecular formula is C14H19N5O. The molecule has 0 aliphatic rings. The lowest BCUT2D eigenvalue weighted by Crippen LogP contribution is -2.31. The number of aromatic amines is 1. The average molecular weight is 273 g/mol. The molecule has 1 amide bonds. The van der Waals surface area contributed by atoms with Gasteiger partial charge in [-0.25, -0.2) is 0 Å². The summed E-state index contributed by atoms with van der Waals surface area (Å²) in [6.45, 7) is 6.41. The van der Waals surface area contributed by atoms with Crippen LogP contribution < -0.4 is 5.32 Å². The number of H-pyrrole nitrogens is 1. The first-order valence-electron chi connectivity index (χ1n) is 6.52. The SMILES string of the molecule is CC(C)(C)C[C@H](NC(=O)c1cn[nH]n1)c1cccnc1. The maximum absolute atomic E-state index is 12.1. The zero-order valence-corrected chi connectivity index (χ0v) is 11.9. The Morgan fingerprint density at radius 2 is 2.20 bits per heavy atom. The molecule has 0 aromatic carbocycles. The highest BCUT2D eigenvalue weighted by molar-refractivity contribution is 5.92. The fourth-order valence-electron chi connectivity index (χ4n) is 1.99. The fourth-order valence-corrected chi connectivity index (χ4v) is 1.99. The number of amides is 1. The molecule has 0 aliphatic heterocycles.